The Balaban J connectivity index is 0.000000244. The maximum absolute atomic E-state index is 3.06. The third-order valence-corrected chi connectivity index (χ3v) is 4.65. The molecule has 132 valence electrons. The van der Waals surface area contributed by atoms with E-state index in [0.717, 1.165) is 0 Å². The zero-order valence-electron chi connectivity index (χ0n) is 15.0. The Labute approximate surface area is 177 Å². The molecule has 4 heteroatoms. The summed E-state index contributed by atoms with van der Waals surface area (Å²) in [6.45, 7) is 3.06. The van der Waals surface area contributed by atoms with Gasteiger partial charge < -0.3 is 19.4 Å². The van der Waals surface area contributed by atoms with E-state index in [9.17, 15) is 0 Å². The second-order valence-corrected chi connectivity index (χ2v) is 6.15. The Bertz CT molecular complexity index is 883. The van der Waals surface area contributed by atoms with Crippen LogP contribution in [-0.2, 0) is 23.3 Å². The van der Waals surface area contributed by atoms with E-state index in [1.54, 1.807) is 11.3 Å². The fraction of sp³-hybridized carbons (Fsp3) is 0. The van der Waals surface area contributed by atoms with Gasteiger partial charge in [-0.3, -0.25) is 11.3 Å². The van der Waals surface area contributed by atoms with Crippen molar-refractivity contribution in [2.45, 2.75) is 0 Å². The van der Waals surface area contributed by atoms with Gasteiger partial charge in [-0.1, -0.05) is 12.1 Å². The van der Waals surface area contributed by atoms with Crippen LogP contribution in [0.1, 0.15) is 0 Å². The molecule has 1 aliphatic carbocycles. The molecule has 2 radical (unpaired) electrons. The fourth-order valence-electron chi connectivity index (χ4n) is 2.63. The number of nitrogens with zero attached hydrogens (tertiary/aromatic N) is 1. The largest absolute Gasteiger partial charge is 0.342 e. The summed E-state index contributed by atoms with van der Waals surface area (Å²) in [5.41, 5.74) is 2.60. The molecule has 3 aromatic rings. The van der Waals surface area contributed by atoms with Crippen LogP contribution in [0, 0.1) is 14.9 Å². The number of hydrogen-bond acceptors (Lipinski definition) is 1. The van der Waals surface area contributed by atoms with E-state index in [1.165, 1.54) is 50.2 Å². The topological polar surface area (TPSA) is 4.93 Å². The standard InChI is InChI=1S/C13H10N.C7H5S.2CH3.Si.Zr/c1-2-6-12-10-13(9-11(12)5-1)14-7-3-4-8-14;1-2-6-4-5-8-7(6)3-1;;;;/h1-10H;1-5H;2*1H3;;/q4*-1;;. The molecule has 0 N–H and O–H groups in total. The molecule has 1 aromatic heterocycles. The first kappa shape index (κ1) is 22.6. The maximum atomic E-state index is 3.06. The quantitative estimate of drug-likeness (QED) is 0.205. The zero-order valence-corrected chi connectivity index (χ0v) is 19.3. The van der Waals surface area contributed by atoms with Crippen molar-refractivity contribution < 1.29 is 23.3 Å². The summed E-state index contributed by atoms with van der Waals surface area (Å²) in [4.78, 5) is 1.39. The molecular weight excluding hydrogens is 430 g/mol. The van der Waals surface area contributed by atoms with E-state index in [-0.39, 0.29) is 14.9 Å². The van der Waals surface area contributed by atoms with Crippen LogP contribution in [0.2, 0.25) is 0 Å². The molecule has 2 aliphatic rings. The summed E-state index contributed by atoms with van der Waals surface area (Å²) >= 11 is 3.15. The minimum absolute atomic E-state index is 0. The number of benzene rings is 1. The third-order valence-electron chi connectivity index (χ3n) is 3.76. The van der Waals surface area contributed by atoms with Crippen LogP contribution in [0.15, 0.2) is 90.6 Å². The molecule has 26 heavy (non-hydrogen) atoms. The molecule has 1 aliphatic heterocycles. The molecule has 0 bridgehead atoms. The van der Waals surface area contributed by atoms with Gasteiger partial charge >= 0.3 is 30.2 Å². The Hall–Kier alpha value is -1.48. The van der Waals surface area contributed by atoms with Crippen LogP contribution in [0.4, 0.5) is 0 Å². The van der Waals surface area contributed by atoms with Crippen molar-refractivity contribution in [1.29, 1.82) is 0 Å². The smallest absolute Gasteiger partial charge is 0.00705 e. The molecule has 0 amide bonds. The van der Waals surface area contributed by atoms with Crippen LogP contribution in [0.3, 0.4) is 0 Å². The van der Waals surface area contributed by atoms with Crippen LogP contribution < -0.4 is 0 Å². The number of fused-ring (bicyclic) bond motifs is 2. The van der Waals surface area contributed by atoms with E-state index in [2.05, 4.69) is 89.9 Å². The Morgan fingerprint density at radius 2 is 1.62 bits per heavy atom. The SMILES string of the molecule is [CH3-].[CH3-].[Si]=[Zr].c1cc2c[cH-]sc-2c1.c1ccc2[cH-]c(-n3cccc3)cc2c1. The number of aromatic nitrogens is 1. The summed E-state index contributed by atoms with van der Waals surface area (Å²) in [6, 6.07) is 25.4. The van der Waals surface area contributed by atoms with E-state index in [4.69, 9.17) is 0 Å². The van der Waals surface area contributed by atoms with Gasteiger partial charge in [-0.05, 0) is 17.8 Å². The molecule has 1 nitrogen and oxygen atoms in total. The Morgan fingerprint density at radius 1 is 0.885 bits per heavy atom. The van der Waals surface area contributed by atoms with Crippen molar-refractivity contribution in [3.63, 3.8) is 0 Å². The van der Waals surface area contributed by atoms with Crippen molar-refractivity contribution in [2.75, 3.05) is 0 Å². The first-order valence-electron chi connectivity index (χ1n) is 7.53. The summed E-state index contributed by atoms with van der Waals surface area (Å²) in [7, 11) is 0. The molecule has 2 heterocycles. The third kappa shape index (κ3) is 5.26. The van der Waals surface area contributed by atoms with Crippen LogP contribution in [0.5, 0.6) is 0 Å². The minimum Gasteiger partial charge on any atom is -0.342 e. The van der Waals surface area contributed by atoms with Gasteiger partial charge in [0, 0.05) is 12.4 Å². The molecule has 0 saturated heterocycles. The monoisotopic (exact) mass is 449 g/mol. The first-order chi connectivity index (χ1) is 11.9. The van der Waals surface area contributed by atoms with Gasteiger partial charge in [-0.25, -0.2) is 0 Å². The predicted molar refractivity (Wildman–Crippen MR) is 114 cm³/mol. The van der Waals surface area contributed by atoms with Crippen molar-refractivity contribution in [1.82, 2.24) is 4.57 Å². The number of hydrogen-bond donors (Lipinski definition) is 0. The van der Waals surface area contributed by atoms with Crippen LogP contribution in [0.25, 0.3) is 26.9 Å². The summed E-state index contributed by atoms with van der Waals surface area (Å²) in [5, 5.41) is 4.72. The van der Waals surface area contributed by atoms with Gasteiger partial charge in [0.1, 0.15) is 0 Å². The predicted octanol–water partition coefficient (Wildman–Crippen LogP) is 6.44. The van der Waals surface area contributed by atoms with E-state index >= 15 is 0 Å². The molecule has 0 atom stereocenters. The molecule has 0 saturated carbocycles. The van der Waals surface area contributed by atoms with E-state index in [1.807, 2.05) is 12.1 Å². The van der Waals surface area contributed by atoms with Gasteiger partial charge in [0.25, 0.3) is 0 Å². The molecule has 0 spiro atoms. The average Bonchev–Trinajstić information content (AvgIpc) is 3.40. The molecular formula is C22H21NSSiZr-4. The van der Waals surface area contributed by atoms with Crippen LogP contribution in [-0.4, -0.2) is 11.4 Å². The second-order valence-electron chi connectivity index (χ2n) is 5.20. The number of thiophene rings is 1. The molecule has 0 unspecified atom stereocenters. The van der Waals surface area contributed by atoms with Crippen molar-refractivity contribution in [3.8, 4) is 16.1 Å². The van der Waals surface area contributed by atoms with Crippen molar-refractivity contribution in [3.05, 3.63) is 105 Å². The zero-order chi connectivity index (χ0) is 16.8. The normalized spacial score (nSPS) is 9.19. The van der Waals surface area contributed by atoms with Gasteiger partial charge in [0.05, 0.1) is 0 Å². The Morgan fingerprint density at radius 3 is 2.31 bits per heavy atom. The molecule has 2 aromatic carbocycles. The van der Waals surface area contributed by atoms with Gasteiger partial charge in [-0.15, -0.1) is 63.5 Å². The van der Waals surface area contributed by atoms with Gasteiger partial charge in [-0.2, -0.15) is 11.6 Å². The van der Waals surface area contributed by atoms with Crippen LogP contribution >= 0.6 is 11.3 Å². The van der Waals surface area contributed by atoms with Crippen molar-refractivity contribution >= 4 is 29.0 Å². The minimum atomic E-state index is 0. The fourth-order valence-corrected chi connectivity index (χ4v) is 3.42. The van der Waals surface area contributed by atoms with Gasteiger partial charge in [0.15, 0.2) is 0 Å². The molecule has 0 fully saturated rings. The molecule has 5 rings (SSSR count). The Kier molecular flexibility index (Phi) is 9.79. The van der Waals surface area contributed by atoms with Crippen molar-refractivity contribution in [2.24, 2.45) is 0 Å². The summed E-state index contributed by atoms with van der Waals surface area (Å²) in [5.74, 6) is 0. The maximum Gasteiger partial charge on any atom is 0.00705 e. The van der Waals surface area contributed by atoms with Gasteiger partial charge in [0.2, 0.25) is 0 Å². The average molecular weight is 451 g/mol. The van der Waals surface area contributed by atoms with E-state index < -0.39 is 0 Å². The second kappa shape index (κ2) is 11.3. The first-order valence-corrected chi connectivity index (χ1v) is 12.6. The van der Waals surface area contributed by atoms with E-state index in [0.29, 0.717) is 0 Å². The summed E-state index contributed by atoms with van der Waals surface area (Å²) < 4.78 is 2.12. The number of rotatable bonds is 1. The summed E-state index contributed by atoms with van der Waals surface area (Å²) in [6.07, 6.45) is 4.13.